The molecule has 2 rings (SSSR count). The van der Waals surface area contributed by atoms with Crippen molar-refractivity contribution < 1.29 is 8.91 Å². The van der Waals surface area contributed by atoms with Crippen LogP contribution in [0, 0.1) is 6.92 Å². The Bertz CT molecular complexity index is 504. The zero-order valence-electron chi connectivity index (χ0n) is 11.5. The van der Waals surface area contributed by atoms with Gasteiger partial charge in [-0.3, -0.25) is 4.79 Å². The molecule has 0 radical (unpaired) electrons. The molecule has 0 unspecified atom stereocenters. The molecule has 0 N–H and O–H groups in total. The molecule has 17 heavy (non-hydrogen) atoms. The smallest absolute Gasteiger partial charge is 0.206 e. The minimum absolute atomic E-state index is 0.154. The lowest BCUT2D eigenvalue weighted by Crippen LogP contribution is -2.44. The average Bonchev–Trinajstić information content (AvgIpc) is 2.30. The Morgan fingerprint density at radius 2 is 1.53 bits per heavy atom. The van der Waals surface area contributed by atoms with Gasteiger partial charge in [0, 0.05) is 5.56 Å². The topological polar surface area (TPSA) is 26.3 Å². The van der Waals surface area contributed by atoms with Gasteiger partial charge in [-0.15, -0.1) is 0 Å². The van der Waals surface area contributed by atoms with E-state index in [9.17, 15) is 4.79 Å². The third-order valence-corrected chi connectivity index (χ3v) is 11.3. The van der Waals surface area contributed by atoms with Crippen molar-refractivity contribution in [3.05, 3.63) is 23.3 Å². The van der Waals surface area contributed by atoms with Crippen molar-refractivity contribution in [1.82, 2.24) is 0 Å². The Balaban J connectivity index is 2.72. The summed E-state index contributed by atoms with van der Waals surface area (Å²) in [6, 6.07) is 4.29. The summed E-state index contributed by atoms with van der Waals surface area (Å²) in [5.74, 6) is 0.154. The van der Waals surface area contributed by atoms with Gasteiger partial charge in [0.05, 0.1) is 0 Å². The Hall–Kier alpha value is -0.716. The summed E-state index contributed by atoms with van der Waals surface area (Å²) >= 11 is 0. The third kappa shape index (κ3) is 1.94. The van der Waals surface area contributed by atoms with Crippen LogP contribution in [0.3, 0.4) is 0 Å². The number of Topliss-reactive ketones (excluding diaryl/α,β-unsaturated/α-hetero) is 1. The third-order valence-electron chi connectivity index (χ3n) is 3.55. The minimum Gasteiger partial charge on any atom is -0.449 e. The summed E-state index contributed by atoms with van der Waals surface area (Å²) < 4.78 is 6.36. The van der Waals surface area contributed by atoms with Crippen molar-refractivity contribution in [2.75, 3.05) is 0 Å². The molecule has 1 aromatic carbocycles. The van der Waals surface area contributed by atoms with E-state index < -0.39 is 16.6 Å². The molecule has 1 aromatic rings. The van der Waals surface area contributed by atoms with Crippen LogP contribution in [0.25, 0.3) is 0 Å². The van der Waals surface area contributed by atoms with Crippen LogP contribution >= 0.6 is 0 Å². The van der Waals surface area contributed by atoms with Crippen molar-refractivity contribution in [1.29, 1.82) is 0 Å². The molecular weight excluding hydrogens is 244 g/mol. The molecule has 0 saturated heterocycles. The molecule has 4 heteroatoms. The molecular formula is C13H20O2Si2. The number of hydrogen-bond acceptors (Lipinski definition) is 2. The van der Waals surface area contributed by atoms with Crippen molar-refractivity contribution in [3.63, 3.8) is 0 Å². The summed E-state index contributed by atoms with van der Waals surface area (Å²) in [4.78, 5) is 11.6. The van der Waals surface area contributed by atoms with Crippen molar-refractivity contribution in [2.24, 2.45) is 0 Å². The zero-order valence-corrected chi connectivity index (χ0v) is 13.5. The second-order valence-corrected chi connectivity index (χ2v) is 13.8. The fraction of sp³-hybridized carbons (Fsp3) is 0.462. The number of carbonyl (C=O) groups is 1. The molecule has 0 spiro atoms. The number of ketones is 1. The van der Waals surface area contributed by atoms with E-state index in [0.717, 1.165) is 11.1 Å². The standard InChI is InChI=1S/C13H20O2Si2/c1-9-7-12-13(8-11(9)10(2)14)17(5,6)15-16(12,3)4/h7-8H,1-6H3. The molecule has 0 amide bonds. The van der Waals surface area contributed by atoms with Crippen LogP contribution in [0.15, 0.2) is 12.1 Å². The number of carbonyl (C=O) groups excluding carboxylic acids is 1. The molecule has 0 saturated carbocycles. The van der Waals surface area contributed by atoms with Gasteiger partial charge in [0.1, 0.15) is 0 Å². The lowest BCUT2D eigenvalue weighted by Gasteiger charge is -2.22. The molecule has 2 nitrogen and oxygen atoms in total. The van der Waals surface area contributed by atoms with Gasteiger partial charge in [0.15, 0.2) is 5.78 Å². The molecule has 92 valence electrons. The largest absolute Gasteiger partial charge is 0.449 e. The molecule has 1 aliphatic heterocycles. The van der Waals surface area contributed by atoms with E-state index in [1.165, 1.54) is 10.4 Å². The van der Waals surface area contributed by atoms with Gasteiger partial charge in [-0.1, -0.05) is 6.07 Å². The van der Waals surface area contributed by atoms with Crippen LogP contribution < -0.4 is 10.4 Å². The quantitative estimate of drug-likeness (QED) is 0.573. The van der Waals surface area contributed by atoms with Crippen molar-refractivity contribution in [3.8, 4) is 0 Å². The molecule has 0 fully saturated rings. The second kappa shape index (κ2) is 3.64. The molecule has 1 heterocycles. The zero-order chi connectivity index (χ0) is 13.0. The van der Waals surface area contributed by atoms with Gasteiger partial charge in [0.25, 0.3) is 0 Å². The molecule has 0 bridgehead atoms. The maximum Gasteiger partial charge on any atom is 0.206 e. The summed E-state index contributed by atoms with van der Waals surface area (Å²) in [6.07, 6.45) is 0. The number of benzene rings is 1. The SMILES string of the molecule is CC(=O)c1cc2c(cc1C)[Si](C)(C)O[Si]2(C)C. The number of aryl methyl sites for hydroxylation is 1. The van der Waals surface area contributed by atoms with E-state index in [1.807, 2.05) is 6.92 Å². The first-order valence-electron chi connectivity index (χ1n) is 6.02. The van der Waals surface area contributed by atoms with E-state index in [4.69, 9.17) is 4.12 Å². The maximum absolute atomic E-state index is 11.6. The second-order valence-electron chi connectivity index (χ2n) is 5.89. The Labute approximate surface area is 105 Å². The summed E-state index contributed by atoms with van der Waals surface area (Å²) in [5.41, 5.74) is 1.95. The van der Waals surface area contributed by atoms with E-state index in [1.54, 1.807) is 6.92 Å². The highest BCUT2D eigenvalue weighted by Gasteiger charge is 2.46. The van der Waals surface area contributed by atoms with Crippen LogP contribution in [-0.4, -0.2) is 22.4 Å². The monoisotopic (exact) mass is 264 g/mol. The van der Waals surface area contributed by atoms with Gasteiger partial charge in [-0.05, 0) is 62.0 Å². The lowest BCUT2D eigenvalue weighted by atomic mass is 10.1. The highest BCUT2D eigenvalue weighted by Crippen LogP contribution is 2.23. The van der Waals surface area contributed by atoms with E-state index in [-0.39, 0.29) is 5.78 Å². The molecule has 0 atom stereocenters. The van der Waals surface area contributed by atoms with Crippen LogP contribution in [0.4, 0.5) is 0 Å². The van der Waals surface area contributed by atoms with Gasteiger partial charge in [-0.2, -0.15) is 0 Å². The highest BCUT2D eigenvalue weighted by molar-refractivity contribution is 7.05. The number of fused-ring (bicyclic) bond motifs is 1. The average molecular weight is 264 g/mol. The van der Waals surface area contributed by atoms with Crippen LogP contribution in [-0.2, 0) is 4.12 Å². The first-order valence-corrected chi connectivity index (χ1v) is 11.8. The maximum atomic E-state index is 11.6. The van der Waals surface area contributed by atoms with Gasteiger partial charge >= 0.3 is 0 Å². The highest BCUT2D eigenvalue weighted by atomic mass is 28.4. The molecule has 0 aromatic heterocycles. The fourth-order valence-corrected chi connectivity index (χ4v) is 13.1. The predicted molar refractivity (Wildman–Crippen MR) is 76.5 cm³/mol. The van der Waals surface area contributed by atoms with E-state index in [0.29, 0.717) is 0 Å². The van der Waals surface area contributed by atoms with E-state index >= 15 is 0 Å². The van der Waals surface area contributed by atoms with Gasteiger partial charge in [0.2, 0.25) is 16.6 Å². The first kappa shape index (κ1) is 12.7. The van der Waals surface area contributed by atoms with Crippen molar-refractivity contribution >= 4 is 32.8 Å². The summed E-state index contributed by atoms with van der Waals surface area (Å²) in [6.45, 7) is 12.6. The Morgan fingerprint density at radius 3 is 2.00 bits per heavy atom. The van der Waals surface area contributed by atoms with Crippen LogP contribution in [0.1, 0.15) is 22.8 Å². The number of rotatable bonds is 1. The van der Waals surface area contributed by atoms with Gasteiger partial charge in [-0.25, -0.2) is 0 Å². The van der Waals surface area contributed by atoms with E-state index in [2.05, 4.69) is 38.3 Å². The fourth-order valence-electron chi connectivity index (χ4n) is 2.83. The van der Waals surface area contributed by atoms with Gasteiger partial charge < -0.3 is 4.12 Å². The van der Waals surface area contributed by atoms with Crippen LogP contribution in [0.5, 0.6) is 0 Å². The first-order chi connectivity index (χ1) is 7.65. The Morgan fingerprint density at radius 1 is 1.06 bits per heavy atom. The number of hydrogen-bond donors (Lipinski definition) is 0. The minimum atomic E-state index is -1.79. The van der Waals surface area contributed by atoms with Crippen LogP contribution in [0.2, 0.25) is 26.2 Å². The summed E-state index contributed by atoms with van der Waals surface area (Å²) in [5, 5.41) is 2.74. The lowest BCUT2D eigenvalue weighted by molar-refractivity contribution is 0.101. The normalized spacial score (nSPS) is 20.1. The molecule has 1 aliphatic rings. The summed E-state index contributed by atoms with van der Waals surface area (Å²) in [7, 11) is -3.52. The predicted octanol–water partition coefficient (Wildman–Crippen LogP) is 2.05. The molecule has 0 aliphatic carbocycles. The Kier molecular flexibility index (Phi) is 2.72. The van der Waals surface area contributed by atoms with Crippen molar-refractivity contribution in [2.45, 2.75) is 40.0 Å².